The van der Waals surface area contributed by atoms with Gasteiger partial charge in [-0.25, -0.2) is 0 Å². The summed E-state index contributed by atoms with van der Waals surface area (Å²) in [6.45, 7) is 1.73. The first-order chi connectivity index (χ1) is 7.54. The Labute approximate surface area is 108 Å². The molecule has 1 aromatic rings. The van der Waals surface area contributed by atoms with Crippen LogP contribution in [0.1, 0.15) is 18.5 Å². The molecule has 90 valence electrons. The Hall–Kier alpha value is -0.0700. The molecule has 0 radical (unpaired) electrons. The second-order valence-electron chi connectivity index (χ2n) is 3.63. The van der Waals surface area contributed by atoms with Crippen LogP contribution in [0.2, 0.25) is 0 Å². The summed E-state index contributed by atoms with van der Waals surface area (Å²) in [5.41, 5.74) is 6.84. The van der Waals surface area contributed by atoms with Crippen LogP contribution >= 0.6 is 27.7 Å². The molecule has 0 aromatic heterocycles. The summed E-state index contributed by atoms with van der Waals surface area (Å²) in [6.07, 6.45) is -0.676. The smallest absolute Gasteiger partial charge is 0.0864 e. The van der Waals surface area contributed by atoms with Gasteiger partial charge in [-0.3, -0.25) is 0 Å². The molecule has 0 amide bonds. The summed E-state index contributed by atoms with van der Waals surface area (Å²) in [7, 11) is 0. The topological polar surface area (TPSA) is 66.5 Å². The van der Waals surface area contributed by atoms with Gasteiger partial charge in [0.15, 0.2) is 0 Å². The molecule has 16 heavy (non-hydrogen) atoms. The van der Waals surface area contributed by atoms with Gasteiger partial charge in [-0.1, -0.05) is 6.07 Å². The van der Waals surface area contributed by atoms with E-state index in [0.29, 0.717) is 5.75 Å². The van der Waals surface area contributed by atoms with Crippen molar-refractivity contribution in [2.45, 2.75) is 24.0 Å². The number of thioether (sulfide) groups is 1. The zero-order valence-electron chi connectivity index (χ0n) is 9.06. The van der Waals surface area contributed by atoms with Crippen LogP contribution in [0.5, 0.6) is 0 Å². The Morgan fingerprint density at radius 3 is 2.69 bits per heavy atom. The van der Waals surface area contributed by atoms with Crippen molar-refractivity contribution in [2.75, 3.05) is 12.4 Å². The highest BCUT2D eigenvalue weighted by molar-refractivity contribution is 9.10. The predicted octanol–water partition coefficient (Wildman–Crippen LogP) is 1.91. The molecule has 4 N–H and O–H groups in total. The summed E-state index contributed by atoms with van der Waals surface area (Å²) in [5, 5.41) is 18.0. The third-order valence-corrected chi connectivity index (χ3v) is 4.26. The fourth-order valence-electron chi connectivity index (χ4n) is 1.16. The van der Waals surface area contributed by atoms with Crippen LogP contribution < -0.4 is 5.73 Å². The first-order valence-electron chi connectivity index (χ1n) is 5.01. The Morgan fingerprint density at radius 2 is 2.19 bits per heavy atom. The molecule has 3 nitrogen and oxygen atoms in total. The average molecular weight is 306 g/mol. The number of halogens is 1. The molecule has 1 rings (SSSR count). The van der Waals surface area contributed by atoms with Gasteiger partial charge in [-0.05, 0) is 40.5 Å². The maximum Gasteiger partial charge on any atom is 0.0864 e. The summed E-state index contributed by atoms with van der Waals surface area (Å²) in [5.74, 6) is 0.479. The largest absolute Gasteiger partial charge is 0.394 e. The molecule has 2 atom stereocenters. The van der Waals surface area contributed by atoms with E-state index in [-0.39, 0.29) is 12.6 Å². The molecule has 0 heterocycles. The molecule has 1 unspecified atom stereocenters. The lowest BCUT2D eigenvalue weighted by atomic mass is 10.1. The van der Waals surface area contributed by atoms with E-state index < -0.39 is 6.10 Å². The van der Waals surface area contributed by atoms with E-state index in [0.717, 1.165) is 14.9 Å². The highest BCUT2D eigenvalue weighted by atomic mass is 79.9. The fraction of sp³-hybridized carbons (Fsp3) is 0.455. The predicted molar refractivity (Wildman–Crippen MR) is 70.6 cm³/mol. The number of hydrogen-bond acceptors (Lipinski definition) is 4. The van der Waals surface area contributed by atoms with Gasteiger partial charge in [0.25, 0.3) is 0 Å². The van der Waals surface area contributed by atoms with Crippen molar-refractivity contribution < 1.29 is 10.2 Å². The van der Waals surface area contributed by atoms with E-state index in [9.17, 15) is 5.11 Å². The molecular weight excluding hydrogens is 290 g/mol. The number of nitrogens with two attached hydrogens (primary N) is 1. The van der Waals surface area contributed by atoms with Crippen molar-refractivity contribution in [1.29, 1.82) is 0 Å². The third-order valence-electron chi connectivity index (χ3n) is 2.12. The van der Waals surface area contributed by atoms with Crippen LogP contribution in [0.4, 0.5) is 0 Å². The van der Waals surface area contributed by atoms with Crippen molar-refractivity contribution in [1.82, 2.24) is 0 Å². The Morgan fingerprint density at radius 1 is 1.50 bits per heavy atom. The van der Waals surface area contributed by atoms with Crippen LogP contribution in [-0.2, 0) is 0 Å². The minimum atomic E-state index is -0.676. The van der Waals surface area contributed by atoms with Crippen LogP contribution in [0.15, 0.2) is 27.6 Å². The minimum Gasteiger partial charge on any atom is -0.394 e. The highest BCUT2D eigenvalue weighted by Crippen LogP contribution is 2.30. The van der Waals surface area contributed by atoms with E-state index in [2.05, 4.69) is 15.9 Å². The van der Waals surface area contributed by atoms with Gasteiger partial charge < -0.3 is 15.9 Å². The lowest BCUT2D eigenvalue weighted by Gasteiger charge is -2.11. The molecule has 1 aromatic carbocycles. The Balaban J connectivity index is 2.68. The SMILES string of the molecule is C[C@H](N)c1ccc(SCC(O)CO)c(Br)c1. The van der Waals surface area contributed by atoms with E-state index in [4.69, 9.17) is 10.8 Å². The molecule has 0 saturated carbocycles. The van der Waals surface area contributed by atoms with Crippen molar-refractivity contribution in [3.05, 3.63) is 28.2 Å². The first kappa shape index (κ1) is 14.0. The number of aliphatic hydroxyl groups excluding tert-OH is 2. The van der Waals surface area contributed by atoms with Crippen LogP contribution in [-0.4, -0.2) is 28.7 Å². The van der Waals surface area contributed by atoms with Crippen LogP contribution in [0.25, 0.3) is 0 Å². The minimum absolute atomic E-state index is 0.0124. The second-order valence-corrected chi connectivity index (χ2v) is 5.54. The van der Waals surface area contributed by atoms with Gasteiger partial charge in [0.1, 0.15) is 0 Å². The van der Waals surface area contributed by atoms with E-state index >= 15 is 0 Å². The maximum absolute atomic E-state index is 9.25. The summed E-state index contributed by atoms with van der Waals surface area (Å²) in [6, 6.07) is 5.94. The molecule has 0 aliphatic rings. The summed E-state index contributed by atoms with van der Waals surface area (Å²) in [4.78, 5) is 1.04. The molecular formula is C11H16BrNO2S. The van der Waals surface area contributed by atoms with Gasteiger partial charge in [0.2, 0.25) is 0 Å². The fourth-order valence-corrected chi connectivity index (χ4v) is 2.73. The van der Waals surface area contributed by atoms with Crippen molar-refractivity contribution in [3.8, 4) is 0 Å². The van der Waals surface area contributed by atoms with Crippen molar-refractivity contribution in [3.63, 3.8) is 0 Å². The second kappa shape index (κ2) is 6.61. The average Bonchev–Trinajstić information content (AvgIpc) is 2.26. The third kappa shape index (κ3) is 4.07. The quantitative estimate of drug-likeness (QED) is 0.727. The van der Waals surface area contributed by atoms with Crippen molar-refractivity contribution >= 4 is 27.7 Å². The monoisotopic (exact) mass is 305 g/mol. The van der Waals surface area contributed by atoms with Gasteiger partial charge in [-0.15, -0.1) is 11.8 Å². The number of aliphatic hydroxyl groups is 2. The molecule has 0 bridgehead atoms. The number of benzene rings is 1. The van der Waals surface area contributed by atoms with Gasteiger partial charge in [0, 0.05) is 21.2 Å². The number of hydrogen-bond donors (Lipinski definition) is 3. The zero-order chi connectivity index (χ0) is 12.1. The Bertz CT molecular complexity index is 347. The van der Waals surface area contributed by atoms with Gasteiger partial charge in [0.05, 0.1) is 12.7 Å². The molecule has 0 saturated heterocycles. The Kier molecular flexibility index (Phi) is 5.78. The van der Waals surface area contributed by atoms with E-state index in [1.54, 1.807) is 0 Å². The highest BCUT2D eigenvalue weighted by Gasteiger charge is 2.07. The van der Waals surface area contributed by atoms with Crippen molar-refractivity contribution in [2.24, 2.45) is 5.73 Å². The normalized spacial score (nSPS) is 14.8. The summed E-state index contributed by atoms with van der Waals surface area (Å²) >= 11 is 4.97. The van der Waals surface area contributed by atoms with E-state index in [1.807, 2.05) is 25.1 Å². The molecule has 0 spiro atoms. The van der Waals surface area contributed by atoms with Gasteiger partial charge >= 0.3 is 0 Å². The molecule has 0 fully saturated rings. The molecule has 0 aliphatic heterocycles. The van der Waals surface area contributed by atoms with E-state index in [1.165, 1.54) is 11.8 Å². The van der Waals surface area contributed by atoms with Crippen LogP contribution in [0.3, 0.4) is 0 Å². The van der Waals surface area contributed by atoms with Gasteiger partial charge in [-0.2, -0.15) is 0 Å². The summed E-state index contributed by atoms with van der Waals surface area (Å²) < 4.78 is 0.970. The molecule has 0 aliphatic carbocycles. The van der Waals surface area contributed by atoms with Crippen LogP contribution in [0, 0.1) is 0 Å². The first-order valence-corrected chi connectivity index (χ1v) is 6.79. The standard InChI is InChI=1S/C11H16BrNO2S/c1-7(13)8-2-3-11(10(12)4-8)16-6-9(15)5-14/h2-4,7,9,14-15H,5-6,13H2,1H3/t7-,9?/m0/s1. The maximum atomic E-state index is 9.25. The number of rotatable bonds is 5. The molecule has 5 heteroatoms. The lowest BCUT2D eigenvalue weighted by molar-refractivity contribution is 0.113. The zero-order valence-corrected chi connectivity index (χ0v) is 11.5. The lowest BCUT2D eigenvalue weighted by Crippen LogP contribution is -2.14.